The molecule has 6 nitrogen and oxygen atoms in total. The number of carbonyl (C=O) groups excluding carboxylic acids is 1. The highest BCUT2D eigenvalue weighted by Gasteiger charge is 2.11. The second-order valence-electron chi connectivity index (χ2n) is 5.39. The Morgan fingerprint density at radius 2 is 1.88 bits per heavy atom. The Labute approximate surface area is 144 Å². The van der Waals surface area contributed by atoms with E-state index in [0.717, 1.165) is 5.56 Å². The lowest BCUT2D eigenvalue weighted by molar-refractivity contribution is 0.102. The Kier molecular flexibility index (Phi) is 5.01. The third kappa shape index (κ3) is 3.99. The number of para-hydroxylation sites is 1. The third-order valence-electron chi connectivity index (χ3n) is 3.53. The molecule has 0 atom stereocenters. The quantitative estimate of drug-likeness (QED) is 0.778. The fourth-order valence-corrected chi connectivity index (χ4v) is 2.39. The lowest BCUT2D eigenvalue weighted by Gasteiger charge is -2.09. The van der Waals surface area contributed by atoms with Crippen LogP contribution in [0.5, 0.6) is 0 Å². The van der Waals surface area contributed by atoms with Crippen molar-refractivity contribution in [2.75, 3.05) is 12.4 Å². The van der Waals surface area contributed by atoms with Crippen LogP contribution in [0, 0.1) is 0 Å². The summed E-state index contributed by atoms with van der Waals surface area (Å²) < 4.78 is 6.29. The summed E-state index contributed by atoms with van der Waals surface area (Å²) in [6, 6.07) is 19.1. The minimum Gasteiger partial charge on any atom is -0.380 e. The van der Waals surface area contributed by atoms with E-state index in [9.17, 15) is 9.59 Å². The first kappa shape index (κ1) is 16.6. The molecule has 1 aromatic heterocycles. The van der Waals surface area contributed by atoms with E-state index in [1.54, 1.807) is 37.4 Å². The second kappa shape index (κ2) is 7.55. The lowest BCUT2D eigenvalue weighted by Crippen LogP contribution is -2.24. The van der Waals surface area contributed by atoms with Gasteiger partial charge in [-0.1, -0.05) is 30.3 Å². The molecule has 0 aliphatic heterocycles. The number of nitrogens with zero attached hydrogens (tertiary/aromatic N) is 2. The number of carbonyl (C=O) groups is 1. The van der Waals surface area contributed by atoms with Gasteiger partial charge in [0.05, 0.1) is 12.3 Å². The van der Waals surface area contributed by atoms with Crippen LogP contribution in [-0.4, -0.2) is 22.8 Å². The van der Waals surface area contributed by atoms with Crippen LogP contribution < -0.4 is 10.9 Å². The second-order valence-corrected chi connectivity index (χ2v) is 5.39. The van der Waals surface area contributed by atoms with Crippen molar-refractivity contribution >= 4 is 11.6 Å². The van der Waals surface area contributed by atoms with Gasteiger partial charge in [-0.3, -0.25) is 9.59 Å². The zero-order valence-electron chi connectivity index (χ0n) is 13.7. The maximum absolute atomic E-state index is 12.5. The van der Waals surface area contributed by atoms with Gasteiger partial charge in [-0.05, 0) is 35.9 Å². The summed E-state index contributed by atoms with van der Waals surface area (Å²) in [5, 5.41) is 6.95. The van der Waals surface area contributed by atoms with E-state index in [-0.39, 0.29) is 17.2 Å². The van der Waals surface area contributed by atoms with E-state index in [4.69, 9.17) is 4.74 Å². The molecule has 0 aliphatic carbocycles. The number of anilines is 1. The summed E-state index contributed by atoms with van der Waals surface area (Å²) in [4.78, 5) is 24.5. The van der Waals surface area contributed by atoms with Crippen molar-refractivity contribution in [3.8, 4) is 5.69 Å². The predicted molar refractivity (Wildman–Crippen MR) is 94.9 cm³/mol. The molecule has 0 aliphatic rings. The number of methoxy groups -OCH3 is 1. The standard InChI is InChI=1S/C19H17N3O3/c1-25-13-14-6-5-7-15(12-14)20-19(24)17-10-11-18(23)22(21-17)16-8-3-2-4-9-16/h2-12H,13H2,1H3,(H,20,24). The molecule has 2 aromatic carbocycles. The Hall–Kier alpha value is -3.25. The maximum atomic E-state index is 12.5. The highest BCUT2D eigenvalue weighted by molar-refractivity contribution is 6.02. The predicted octanol–water partition coefficient (Wildman–Crippen LogP) is 2.63. The number of ether oxygens (including phenoxy) is 1. The molecule has 0 unspecified atom stereocenters. The normalized spacial score (nSPS) is 10.4. The monoisotopic (exact) mass is 335 g/mol. The Morgan fingerprint density at radius 1 is 1.08 bits per heavy atom. The van der Waals surface area contributed by atoms with Gasteiger partial charge in [-0.15, -0.1) is 0 Å². The summed E-state index contributed by atoms with van der Waals surface area (Å²) >= 11 is 0. The van der Waals surface area contributed by atoms with Crippen LogP contribution >= 0.6 is 0 Å². The number of rotatable bonds is 5. The molecule has 6 heteroatoms. The molecule has 126 valence electrons. The molecule has 3 aromatic rings. The minimum absolute atomic E-state index is 0.153. The average Bonchev–Trinajstić information content (AvgIpc) is 2.63. The summed E-state index contributed by atoms with van der Waals surface area (Å²) in [7, 11) is 1.61. The van der Waals surface area contributed by atoms with Gasteiger partial charge < -0.3 is 10.1 Å². The average molecular weight is 335 g/mol. The molecule has 1 heterocycles. The molecule has 0 spiro atoms. The van der Waals surface area contributed by atoms with E-state index in [1.807, 2.05) is 24.3 Å². The van der Waals surface area contributed by atoms with Crippen LogP contribution in [-0.2, 0) is 11.3 Å². The number of benzene rings is 2. The number of nitrogens with one attached hydrogen (secondary N) is 1. The van der Waals surface area contributed by atoms with E-state index in [0.29, 0.717) is 18.0 Å². The highest BCUT2D eigenvalue weighted by Crippen LogP contribution is 2.12. The largest absolute Gasteiger partial charge is 0.380 e. The van der Waals surface area contributed by atoms with Crippen LogP contribution in [0.1, 0.15) is 16.1 Å². The molecule has 25 heavy (non-hydrogen) atoms. The van der Waals surface area contributed by atoms with Crippen molar-refractivity contribution in [1.29, 1.82) is 0 Å². The molecule has 0 fully saturated rings. The number of hydrogen-bond donors (Lipinski definition) is 1. The molecule has 0 radical (unpaired) electrons. The topological polar surface area (TPSA) is 73.2 Å². The van der Waals surface area contributed by atoms with Gasteiger partial charge in [0.15, 0.2) is 0 Å². The van der Waals surface area contributed by atoms with Gasteiger partial charge >= 0.3 is 0 Å². The van der Waals surface area contributed by atoms with Crippen molar-refractivity contribution in [3.05, 3.63) is 88.3 Å². The molecule has 1 amide bonds. The van der Waals surface area contributed by atoms with Gasteiger partial charge in [0.2, 0.25) is 0 Å². The van der Waals surface area contributed by atoms with Crippen molar-refractivity contribution in [3.63, 3.8) is 0 Å². The van der Waals surface area contributed by atoms with Crippen molar-refractivity contribution in [2.24, 2.45) is 0 Å². The molecule has 0 bridgehead atoms. The Morgan fingerprint density at radius 3 is 2.64 bits per heavy atom. The minimum atomic E-state index is -0.390. The summed E-state index contributed by atoms with van der Waals surface area (Å²) in [5.41, 5.74) is 2.04. The molecular formula is C19H17N3O3. The summed E-state index contributed by atoms with van der Waals surface area (Å²) in [6.07, 6.45) is 0. The van der Waals surface area contributed by atoms with Crippen LogP contribution in [0.15, 0.2) is 71.5 Å². The van der Waals surface area contributed by atoms with Gasteiger partial charge in [0.1, 0.15) is 5.69 Å². The van der Waals surface area contributed by atoms with Crippen molar-refractivity contribution < 1.29 is 9.53 Å². The van der Waals surface area contributed by atoms with Gasteiger partial charge in [0.25, 0.3) is 11.5 Å². The molecule has 0 saturated heterocycles. The van der Waals surface area contributed by atoms with Crippen LogP contribution in [0.2, 0.25) is 0 Å². The molecule has 3 rings (SSSR count). The van der Waals surface area contributed by atoms with E-state index in [1.165, 1.54) is 16.8 Å². The first-order valence-corrected chi connectivity index (χ1v) is 7.72. The SMILES string of the molecule is COCc1cccc(NC(=O)c2ccc(=O)n(-c3ccccc3)n2)c1. The number of amides is 1. The van der Waals surface area contributed by atoms with Crippen molar-refractivity contribution in [1.82, 2.24) is 9.78 Å². The Bertz CT molecular complexity index is 936. The molecular weight excluding hydrogens is 318 g/mol. The first-order chi connectivity index (χ1) is 12.2. The Balaban J connectivity index is 1.86. The third-order valence-corrected chi connectivity index (χ3v) is 3.53. The van der Waals surface area contributed by atoms with Gasteiger partial charge in [0, 0.05) is 18.9 Å². The zero-order chi connectivity index (χ0) is 17.6. The fraction of sp³-hybridized carbons (Fsp3) is 0.105. The van der Waals surface area contributed by atoms with Crippen molar-refractivity contribution in [2.45, 2.75) is 6.61 Å². The first-order valence-electron chi connectivity index (χ1n) is 7.72. The van der Waals surface area contributed by atoms with Crippen LogP contribution in [0.3, 0.4) is 0 Å². The highest BCUT2D eigenvalue weighted by atomic mass is 16.5. The van der Waals surface area contributed by atoms with E-state index >= 15 is 0 Å². The number of aromatic nitrogens is 2. The fourth-order valence-electron chi connectivity index (χ4n) is 2.39. The van der Waals surface area contributed by atoms with E-state index in [2.05, 4.69) is 10.4 Å². The lowest BCUT2D eigenvalue weighted by atomic mass is 10.2. The summed E-state index contributed by atoms with van der Waals surface area (Å²) in [6.45, 7) is 0.459. The van der Waals surface area contributed by atoms with Gasteiger partial charge in [-0.25, -0.2) is 0 Å². The van der Waals surface area contributed by atoms with Crippen LogP contribution in [0.4, 0.5) is 5.69 Å². The van der Waals surface area contributed by atoms with Gasteiger partial charge in [-0.2, -0.15) is 9.78 Å². The zero-order valence-corrected chi connectivity index (χ0v) is 13.7. The van der Waals surface area contributed by atoms with E-state index < -0.39 is 0 Å². The number of hydrogen-bond acceptors (Lipinski definition) is 4. The van der Waals surface area contributed by atoms with Crippen LogP contribution in [0.25, 0.3) is 5.69 Å². The smallest absolute Gasteiger partial charge is 0.276 e. The maximum Gasteiger partial charge on any atom is 0.276 e. The molecule has 0 saturated carbocycles. The molecule has 1 N–H and O–H groups in total. The summed E-state index contributed by atoms with van der Waals surface area (Å²) in [5.74, 6) is -0.390.